The third-order valence-corrected chi connectivity index (χ3v) is 3.42. The molecule has 0 spiro atoms. The van der Waals surface area contributed by atoms with Crippen LogP contribution < -0.4 is 11.1 Å². The Morgan fingerprint density at radius 2 is 1.59 bits per heavy atom. The van der Waals surface area contributed by atoms with Crippen LogP contribution in [0.3, 0.4) is 0 Å². The molecule has 12 nitrogen and oxygen atoms in total. The zero-order chi connectivity index (χ0) is 24.9. The predicted octanol–water partition coefficient (Wildman–Crippen LogP) is 0.761. The molecule has 1 aromatic carbocycles. The Balaban J connectivity index is 0.000000460. The highest BCUT2D eigenvalue weighted by atomic mass is 16.6. The zero-order valence-electron chi connectivity index (χ0n) is 18.1. The van der Waals surface area contributed by atoms with Crippen LogP contribution >= 0.6 is 0 Å². The summed E-state index contributed by atoms with van der Waals surface area (Å²) >= 11 is 0. The van der Waals surface area contributed by atoms with Gasteiger partial charge in [0.15, 0.2) is 0 Å². The first kappa shape index (κ1) is 28.5. The first-order chi connectivity index (χ1) is 14.7. The van der Waals surface area contributed by atoms with Crippen molar-refractivity contribution in [3.05, 3.63) is 35.9 Å². The lowest BCUT2D eigenvalue weighted by Gasteiger charge is -2.19. The molecule has 178 valence electrons. The van der Waals surface area contributed by atoms with Gasteiger partial charge >= 0.3 is 18.0 Å². The van der Waals surface area contributed by atoms with E-state index >= 15 is 0 Å². The number of imide groups is 1. The van der Waals surface area contributed by atoms with Crippen molar-refractivity contribution in [1.82, 2.24) is 10.4 Å². The SMILES string of the molecule is CC(C)(C)OC(=O)NCC(=O)O.NC(Cc1ccccc1)C(=O)O.O=C1CCC(=O)N1O. The Hall–Kier alpha value is -3.51. The van der Waals surface area contributed by atoms with Crippen LogP contribution in [0, 0.1) is 0 Å². The van der Waals surface area contributed by atoms with Gasteiger partial charge < -0.3 is 26.0 Å². The molecule has 1 unspecified atom stereocenters. The smallest absolute Gasteiger partial charge is 0.408 e. The molecule has 0 aliphatic carbocycles. The van der Waals surface area contributed by atoms with Crippen LogP contribution in [0.1, 0.15) is 39.2 Å². The maximum absolute atomic E-state index is 10.8. The molecule has 0 bridgehead atoms. The van der Waals surface area contributed by atoms with Gasteiger partial charge in [-0.1, -0.05) is 30.3 Å². The zero-order valence-corrected chi connectivity index (χ0v) is 18.1. The quantitative estimate of drug-likeness (QED) is 0.312. The Kier molecular flexibility index (Phi) is 12.2. The van der Waals surface area contributed by atoms with E-state index in [1.54, 1.807) is 20.8 Å². The number of carbonyl (C=O) groups excluding carboxylic acids is 3. The van der Waals surface area contributed by atoms with Crippen molar-refractivity contribution < 1.29 is 44.1 Å². The topological polar surface area (TPSA) is 197 Å². The number of ether oxygens (including phenoxy) is 1. The summed E-state index contributed by atoms with van der Waals surface area (Å²) in [6.07, 6.45) is -0.0363. The minimum Gasteiger partial charge on any atom is -0.480 e. The van der Waals surface area contributed by atoms with Gasteiger partial charge in [0, 0.05) is 12.8 Å². The number of rotatable bonds is 5. The van der Waals surface area contributed by atoms with Gasteiger partial charge in [0.25, 0.3) is 11.8 Å². The molecule has 1 aliphatic heterocycles. The van der Waals surface area contributed by atoms with Crippen LogP contribution in [-0.2, 0) is 30.3 Å². The second-order valence-corrected chi connectivity index (χ2v) is 7.48. The van der Waals surface area contributed by atoms with E-state index in [1.165, 1.54) is 0 Å². The van der Waals surface area contributed by atoms with Gasteiger partial charge in [-0.25, -0.2) is 4.79 Å². The summed E-state index contributed by atoms with van der Waals surface area (Å²) in [5.74, 6) is -3.07. The highest BCUT2D eigenvalue weighted by Gasteiger charge is 2.26. The maximum Gasteiger partial charge on any atom is 0.408 e. The Morgan fingerprint density at radius 3 is 1.94 bits per heavy atom. The summed E-state index contributed by atoms with van der Waals surface area (Å²) in [6, 6.07) is 8.54. The number of alkyl carbamates (subject to hydrolysis) is 1. The number of amides is 3. The molecule has 0 radical (unpaired) electrons. The molecule has 6 N–H and O–H groups in total. The highest BCUT2D eigenvalue weighted by Crippen LogP contribution is 2.07. The van der Waals surface area contributed by atoms with Crippen molar-refractivity contribution in [2.24, 2.45) is 5.73 Å². The van der Waals surface area contributed by atoms with Crippen LogP contribution in [0.15, 0.2) is 30.3 Å². The molecular formula is C20H29N3O9. The molecule has 1 atom stereocenters. The van der Waals surface area contributed by atoms with Gasteiger partial charge in [0.2, 0.25) is 0 Å². The number of nitrogens with zero attached hydrogens (tertiary/aromatic N) is 1. The average Bonchev–Trinajstić information content (AvgIpc) is 2.98. The van der Waals surface area contributed by atoms with Gasteiger partial charge in [-0.05, 0) is 32.8 Å². The van der Waals surface area contributed by atoms with Crippen molar-refractivity contribution in [2.75, 3.05) is 6.54 Å². The number of hydrogen-bond acceptors (Lipinski definition) is 8. The first-order valence-corrected chi connectivity index (χ1v) is 9.48. The van der Waals surface area contributed by atoms with Gasteiger partial charge in [-0.3, -0.25) is 24.4 Å². The van der Waals surface area contributed by atoms with Gasteiger partial charge in [0.1, 0.15) is 18.2 Å². The van der Waals surface area contributed by atoms with Crippen molar-refractivity contribution in [2.45, 2.75) is 51.7 Å². The fourth-order valence-electron chi connectivity index (χ4n) is 1.98. The second kappa shape index (κ2) is 13.7. The molecule has 0 aromatic heterocycles. The summed E-state index contributed by atoms with van der Waals surface area (Å²) in [5.41, 5.74) is 5.71. The number of hydrogen-bond donors (Lipinski definition) is 5. The Bertz CT molecular complexity index is 775. The van der Waals surface area contributed by atoms with E-state index in [2.05, 4.69) is 5.32 Å². The summed E-state index contributed by atoms with van der Waals surface area (Å²) < 4.78 is 4.77. The van der Waals surface area contributed by atoms with E-state index in [0.29, 0.717) is 6.42 Å². The third-order valence-electron chi connectivity index (χ3n) is 3.42. The average molecular weight is 455 g/mol. The highest BCUT2D eigenvalue weighted by molar-refractivity contribution is 6.00. The molecule has 1 aromatic rings. The molecule has 32 heavy (non-hydrogen) atoms. The number of nitrogens with two attached hydrogens (primary N) is 1. The van der Waals surface area contributed by atoms with E-state index < -0.39 is 48.0 Å². The number of carboxylic acids is 2. The standard InChI is InChI=1S/C9H11NO2.C7H13NO4.C4H5NO3/c10-8(9(11)12)6-7-4-2-1-3-5-7;1-7(2,3)12-6(11)8-4-5(9)10;6-3-1-2-4(7)5(3)8/h1-5,8H,6,10H2,(H,11,12);4H2,1-3H3,(H,8,11)(H,9,10);8H,1-2H2. The Morgan fingerprint density at radius 1 is 1.09 bits per heavy atom. The van der Waals surface area contributed by atoms with Gasteiger partial charge in [-0.15, -0.1) is 0 Å². The number of nitrogens with one attached hydrogen (secondary N) is 1. The van der Waals surface area contributed by atoms with Crippen LogP contribution in [-0.4, -0.2) is 68.5 Å². The molecule has 1 heterocycles. The Labute approximate surface area is 184 Å². The van der Waals surface area contributed by atoms with Crippen LogP contribution in [0.2, 0.25) is 0 Å². The normalized spacial score (nSPS) is 13.7. The van der Waals surface area contributed by atoms with Crippen LogP contribution in [0.5, 0.6) is 0 Å². The van der Waals surface area contributed by atoms with E-state index in [1.807, 2.05) is 30.3 Å². The summed E-state index contributed by atoms with van der Waals surface area (Å²) in [5, 5.41) is 27.4. The molecule has 1 fully saturated rings. The molecular weight excluding hydrogens is 426 g/mol. The molecule has 0 saturated carbocycles. The van der Waals surface area contributed by atoms with Crippen molar-refractivity contribution in [3.8, 4) is 0 Å². The van der Waals surface area contributed by atoms with Crippen LogP contribution in [0.4, 0.5) is 4.79 Å². The fourth-order valence-corrected chi connectivity index (χ4v) is 1.98. The number of aliphatic carboxylic acids is 2. The van der Waals surface area contributed by atoms with E-state index in [4.69, 9.17) is 25.9 Å². The molecule has 3 amide bonds. The fraction of sp³-hybridized carbons (Fsp3) is 0.450. The van der Waals surface area contributed by atoms with E-state index in [-0.39, 0.29) is 17.9 Å². The second-order valence-electron chi connectivity index (χ2n) is 7.48. The summed E-state index contributed by atoms with van der Waals surface area (Å²) in [6.45, 7) is 4.68. The van der Waals surface area contributed by atoms with Crippen molar-refractivity contribution in [3.63, 3.8) is 0 Å². The number of benzene rings is 1. The van der Waals surface area contributed by atoms with Gasteiger partial charge in [0.05, 0.1) is 0 Å². The number of hydroxylamine groups is 2. The minimum atomic E-state index is -1.10. The molecule has 2 rings (SSSR count). The third kappa shape index (κ3) is 13.7. The molecule has 1 saturated heterocycles. The van der Waals surface area contributed by atoms with E-state index in [0.717, 1.165) is 5.56 Å². The lowest BCUT2D eigenvalue weighted by Crippen LogP contribution is -2.35. The summed E-state index contributed by atoms with van der Waals surface area (Å²) in [7, 11) is 0. The largest absolute Gasteiger partial charge is 0.480 e. The first-order valence-electron chi connectivity index (χ1n) is 9.48. The lowest BCUT2D eigenvalue weighted by atomic mass is 10.1. The van der Waals surface area contributed by atoms with Crippen molar-refractivity contribution >= 4 is 29.8 Å². The molecule has 12 heteroatoms. The van der Waals surface area contributed by atoms with E-state index in [9.17, 15) is 24.0 Å². The van der Waals surface area contributed by atoms with Gasteiger partial charge in [-0.2, -0.15) is 5.06 Å². The number of carboxylic acid groups (broad SMARTS) is 2. The number of carbonyl (C=O) groups is 5. The molecule has 1 aliphatic rings. The monoisotopic (exact) mass is 455 g/mol. The van der Waals surface area contributed by atoms with Crippen LogP contribution in [0.25, 0.3) is 0 Å². The maximum atomic E-state index is 10.8. The minimum absolute atomic E-state index is 0.148. The predicted molar refractivity (Wildman–Crippen MR) is 111 cm³/mol. The summed E-state index contributed by atoms with van der Waals surface area (Å²) in [4.78, 5) is 51.6. The van der Waals surface area contributed by atoms with Crippen molar-refractivity contribution in [1.29, 1.82) is 0 Å². The lowest BCUT2D eigenvalue weighted by molar-refractivity contribution is -0.171.